The van der Waals surface area contributed by atoms with Crippen molar-refractivity contribution in [1.29, 1.82) is 0 Å². The number of carboxylic acids is 1. The summed E-state index contributed by atoms with van der Waals surface area (Å²) in [6, 6.07) is 3.34. The molecule has 1 aromatic carbocycles. The van der Waals surface area contributed by atoms with Crippen molar-refractivity contribution in [1.82, 2.24) is 0 Å². The fourth-order valence-corrected chi connectivity index (χ4v) is 1.40. The molecule has 0 spiro atoms. The van der Waals surface area contributed by atoms with Crippen molar-refractivity contribution in [2.24, 2.45) is 0 Å². The summed E-state index contributed by atoms with van der Waals surface area (Å²) in [6.45, 7) is 5.36. The van der Waals surface area contributed by atoms with Crippen LogP contribution in [-0.2, 0) is 4.79 Å². The number of ether oxygens (including phenoxy) is 2. The van der Waals surface area contributed by atoms with Gasteiger partial charge in [0.2, 0.25) is 0 Å². The van der Waals surface area contributed by atoms with Crippen LogP contribution < -0.4 is 9.47 Å². The molecule has 0 saturated heterocycles. The molecule has 0 fully saturated rings. The molecule has 0 bridgehead atoms. The first-order valence-electron chi connectivity index (χ1n) is 4.66. The van der Waals surface area contributed by atoms with Gasteiger partial charge in [-0.15, -0.1) is 0 Å². The Bertz CT molecular complexity index is 435. The van der Waals surface area contributed by atoms with E-state index >= 15 is 0 Å². The molecule has 4 heteroatoms. The average molecular weight is 222 g/mol. The van der Waals surface area contributed by atoms with Gasteiger partial charge in [0, 0.05) is 5.56 Å². The van der Waals surface area contributed by atoms with Gasteiger partial charge in [0.25, 0.3) is 0 Å². The van der Waals surface area contributed by atoms with Crippen molar-refractivity contribution >= 4 is 11.5 Å². The first-order chi connectivity index (χ1) is 7.51. The standard InChI is InChI=1S/C12H14O4/c1-7-5-11(16-4)9(6-10(7)15-3)8(2)12(13)14/h5-6H,2H2,1,3-4H3,(H,13,14). The number of hydrogen-bond donors (Lipinski definition) is 1. The van der Waals surface area contributed by atoms with Crippen LogP contribution in [0.1, 0.15) is 11.1 Å². The molecule has 0 atom stereocenters. The van der Waals surface area contributed by atoms with Gasteiger partial charge in [-0.3, -0.25) is 0 Å². The molecule has 0 unspecified atom stereocenters. The minimum Gasteiger partial charge on any atom is -0.496 e. The highest BCUT2D eigenvalue weighted by atomic mass is 16.5. The number of methoxy groups -OCH3 is 2. The molecule has 4 nitrogen and oxygen atoms in total. The van der Waals surface area contributed by atoms with Crippen molar-refractivity contribution in [3.63, 3.8) is 0 Å². The van der Waals surface area contributed by atoms with Crippen LogP contribution in [0.25, 0.3) is 5.57 Å². The molecule has 1 N–H and O–H groups in total. The van der Waals surface area contributed by atoms with E-state index in [1.807, 2.05) is 6.92 Å². The Balaban J connectivity index is 3.35. The predicted molar refractivity (Wildman–Crippen MR) is 61.0 cm³/mol. The van der Waals surface area contributed by atoms with Gasteiger partial charge < -0.3 is 14.6 Å². The van der Waals surface area contributed by atoms with Crippen molar-refractivity contribution in [3.8, 4) is 11.5 Å². The first-order valence-corrected chi connectivity index (χ1v) is 4.66. The number of aliphatic carboxylic acids is 1. The lowest BCUT2D eigenvalue weighted by atomic mass is 10.0. The van der Waals surface area contributed by atoms with Gasteiger partial charge in [-0.05, 0) is 24.6 Å². The van der Waals surface area contributed by atoms with Crippen LogP contribution in [0.15, 0.2) is 18.7 Å². The number of rotatable bonds is 4. The topological polar surface area (TPSA) is 55.8 Å². The smallest absolute Gasteiger partial charge is 0.335 e. The van der Waals surface area contributed by atoms with Crippen LogP contribution in [-0.4, -0.2) is 25.3 Å². The second kappa shape index (κ2) is 4.70. The van der Waals surface area contributed by atoms with E-state index in [4.69, 9.17) is 14.6 Å². The molecular weight excluding hydrogens is 208 g/mol. The van der Waals surface area contributed by atoms with Crippen LogP contribution in [0.3, 0.4) is 0 Å². The Labute approximate surface area is 94.1 Å². The molecule has 16 heavy (non-hydrogen) atoms. The molecule has 0 radical (unpaired) electrons. The number of benzene rings is 1. The summed E-state index contributed by atoms with van der Waals surface area (Å²) in [6.07, 6.45) is 0. The van der Waals surface area contributed by atoms with Gasteiger partial charge >= 0.3 is 5.97 Å². The summed E-state index contributed by atoms with van der Waals surface area (Å²) < 4.78 is 10.2. The quantitative estimate of drug-likeness (QED) is 0.793. The Morgan fingerprint density at radius 3 is 2.25 bits per heavy atom. The molecule has 0 saturated carbocycles. The van der Waals surface area contributed by atoms with E-state index in [0.29, 0.717) is 17.1 Å². The van der Waals surface area contributed by atoms with E-state index in [1.54, 1.807) is 12.1 Å². The van der Waals surface area contributed by atoms with Crippen molar-refractivity contribution in [3.05, 3.63) is 29.8 Å². The van der Waals surface area contributed by atoms with Gasteiger partial charge in [-0.2, -0.15) is 0 Å². The second-order valence-electron chi connectivity index (χ2n) is 3.31. The number of aryl methyl sites for hydroxylation is 1. The van der Waals surface area contributed by atoms with Crippen molar-refractivity contribution in [2.45, 2.75) is 6.92 Å². The van der Waals surface area contributed by atoms with E-state index in [2.05, 4.69) is 6.58 Å². The van der Waals surface area contributed by atoms with E-state index in [1.165, 1.54) is 14.2 Å². The summed E-state index contributed by atoms with van der Waals surface area (Å²) in [5.41, 5.74) is 1.29. The minimum atomic E-state index is -1.08. The van der Waals surface area contributed by atoms with Gasteiger partial charge in [0.15, 0.2) is 0 Å². The highest BCUT2D eigenvalue weighted by Gasteiger charge is 2.15. The zero-order valence-electron chi connectivity index (χ0n) is 9.53. The van der Waals surface area contributed by atoms with E-state index in [9.17, 15) is 4.79 Å². The molecule has 0 aromatic heterocycles. The fourth-order valence-electron chi connectivity index (χ4n) is 1.40. The lowest BCUT2D eigenvalue weighted by molar-refractivity contribution is -0.130. The third-order valence-electron chi connectivity index (χ3n) is 2.30. The van der Waals surface area contributed by atoms with Crippen LogP contribution in [0, 0.1) is 6.92 Å². The van der Waals surface area contributed by atoms with Crippen molar-refractivity contribution in [2.75, 3.05) is 14.2 Å². The lowest BCUT2D eigenvalue weighted by Gasteiger charge is -2.12. The highest BCUT2D eigenvalue weighted by Crippen LogP contribution is 2.32. The van der Waals surface area contributed by atoms with Gasteiger partial charge in [0.1, 0.15) is 11.5 Å². The normalized spacial score (nSPS) is 9.69. The molecule has 0 amide bonds. The van der Waals surface area contributed by atoms with Gasteiger partial charge in [-0.25, -0.2) is 4.79 Å². The molecule has 0 heterocycles. The molecule has 0 aliphatic heterocycles. The highest BCUT2D eigenvalue weighted by molar-refractivity contribution is 6.15. The summed E-state index contributed by atoms with van der Waals surface area (Å²) >= 11 is 0. The van der Waals surface area contributed by atoms with Gasteiger partial charge in [0.05, 0.1) is 19.8 Å². The summed E-state index contributed by atoms with van der Waals surface area (Å²) in [7, 11) is 3.02. The Hall–Kier alpha value is -1.97. The second-order valence-corrected chi connectivity index (χ2v) is 3.31. The maximum absolute atomic E-state index is 10.9. The van der Waals surface area contributed by atoms with Crippen LogP contribution in [0.2, 0.25) is 0 Å². The predicted octanol–water partition coefficient (Wildman–Crippen LogP) is 2.11. The number of hydrogen-bond acceptors (Lipinski definition) is 3. The van der Waals surface area contributed by atoms with E-state index in [-0.39, 0.29) is 5.57 Å². The van der Waals surface area contributed by atoms with E-state index < -0.39 is 5.97 Å². The SMILES string of the molecule is C=C(C(=O)O)c1cc(OC)c(C)cc1OC. The Morgan fingerprint density at radius 2 is 1.81 bits per heavy atom. The third-order valence-corrected chi connectivity index (χ3v) is 2.30. The largest absolute Gasteiger partial charge is 0.496 e. The maximum atomic E-state index is 10.9. The maximum Gasteiger partial charge on any atom is 0.335 e. The summed E-state index contributed by atoms with van der Waals surface area (Å²) in [5.74, 6) is 0.00751. The first kappa shape index (κ1) is 12.1. The monoisotopic (exact) mass is 222 g/mol. The number of carbonyl (C=O) groups is 1. The Kier molecular flexibility index (Phi) is 3.55. The average Bonchev–Trinajstić information content (AvgIpc) is 2.27. The summed E-state index contributed by atoms with van der Waals surface area (Å²) in [4.78, 5) is 10.9. The van der Waals surface area contributed by atoms with Crippen LogP contribution >= 0.6 is 0 Å². The molecule has 0 aliphatic rings. The zero-order chi connectivity index (χ0) is 12.3. The molecular formula is C12H14O4. The van der Waals surface area contributed by atoms with Gasteiger partial charge in [-0.1, -0.05) is 6.58 Å². The number of carboxylic acid groups (broad SMARTS) is 1. The lowest BCUT2D eigenvalue weighted by Crippen LogP contribution is -2.02. The van der Waals surface area contributed by atoms with E-state index in [0.717, 1.165) is 5.56 Å². The molecule has 1 rings (SSSR count). The minimum absolute atomic E-state index is 0.0184. The third kappa shape index (κ3) is 2.16. The zero-order valence-corrected chi connectivity index (χ0v) is 9.53. The molecule has 1 aromatic rings. The van der Waals surface area contributed by atoms with Crippen molar-refractivity contribution < 1.29 is 19.4 Å². The Morgan fingerprint density at radius 1 is 1.25 bits per heavy atom. The fraction of sp³-hybridized carbons (Fsp3) is 0.250. The van der Waals surface area contributed by atoms with Crippen LogP contribution in [0.5, 0.6) is 11.5 Å². The molecule has 0 aliphatic carbocycles. The molecule has 86 valence electrons. The van der Waals surface area contributed by atoms with Crippen LogP contribution in [0.4, 0.5) is 0 Å². The summed E-state index contributed by atoms with van der Waals surface area (Å²) in [5, 5.41) is 8.89.